The average Bonchev–Trinajstić information content (AvgIpc) is 2.93. The molecule has 1 aromatic rings. The Hall–Kier alpha value is -1.86. The number of carbonyl (C=O) groups is 1. The highest BCUT2D eigenvalue weighted by Crippen LogP contribution is 2.48. The molecule has 26 heavy (non-hydrogen) atoms. The molecule has 2 rings (SSSR count). The maximum absolute atomic E-state index is 13.2. The van der Waals surface area contributed by atoms with Crippen LogP contribution in [0.5, 0.6) is 5.75 Å². The molecular formula is C17H24NO7P. The molecule has 0 saturated carbocycles. The summed E-state index contributed by atoms with van der Waals surface area (Å²) in [5.74, 6) is -0.302. The van der Waals surface area contributed by atoms with Gasteiger partial charge in [0.1, 0.15) is 23.7 Å². The van der Waals surface area contributed by atoms with Crippen LogP contribution in [-0.4, -0.2) is 42.5 Å². The third-order valence-electron chi connectivity index (χ3n) is 3.85. The van der Waals surface area contributed by atoms with Crippen molar-refractivity contribution in [3.63, 3.8) is 0 Å². The number of ether oxygens (including phenoxy) is 2. The average molecular weight is 385 g/mol. The molecule has 0 unspecified atom stereocenters. The zero-order chi connectivity index (χ0) is 19.3. The van der Waals surface area contributed by atoms with E-state index in [-0.39, 0.29) is 17.9 Å². The van der Waals surface area contributed by atoms with Gasteiger partial charge in [0.15, 0.2) is 0 Å². The molecule has 1 aliphatic heterocycles. The molecule has 9 heteroatoms. The molecule has 8 nitrogen and oxygen atoms in total. The highest BCUT2D eigenvalue weighted by molar-refractivity contribution is 7.52. The summed E-state index contributed by atoms with van der Waals surface area (Å²) in [4.78, 5) is 11.7. The molecule has 1 saturated heterocycles. The van der Waals surface area contributed by atoms with Crippen LogP contribution in [0.3, 0.4) is 0 Å². The monoisotopic (exact) mass is 385 g/mol. The van der Waals surface area contributed by atoms with Crippen molar-refractivity contribution in [2.45, 2.75) is 44.6 Å². The Bertz CT molecular complexity index is 671. The first kappa shape index (κ1) is 20.5. The van der Waals surface area contributed by atoms with E-state index in [0.717, 1.165) is 0 Å². The van der Waals surface area contributed by atoms with Gasteiger partial charge in [-0.05, 0) is 26.0 Å². The number of aliphatic hydroxyl groups excluding tert-OH is 1. The van der Waals surface area contributed by atoms with Gasteiger partial charge in [0.05, 0.1) is 19.3 Å². The summed E-state index contributed by atoms with van der Waals surface area (Å²) >= 11 is 0. The fraction of sp³-hybridized carbons (Fsp3) is 0.471. The maximum atomic E-state index is 13.2. The van der Waals surface area contributed by atoms with Gasteiger partial charge in [0, 0.05) is 6.42 Å². The predicted molar refractivity (Wildman–Crippen MR) is 94.5 cm³/mol. The Balaban J connectivity index is 2.15. The van der Waals surface area contributed by atoms with Crippen LogP contribution in [0.15, 0.2) is 42.7 Å². The number of hydrogen-bond donors (Lipinski definition) is 2. The van der Waals surface area contributed by atoms with E-state index >= 15 is 0 Å². The minimum absolute atomic E-state index is 0.0391. The number of methoxy groups -OCH3 is 1. The molecule has 5 atom stereocenters. The zero-order valence-electron chi connectivity index (χ0n) is 15.0. The molecule has 1 fully saturated rings. The van der Waals surface area contributed by atoms with E-state index < -0.39 is 38.1 Å². The molecule has 1 heterocycles. The zero-order valence-corrected chi connectivity index (χ0v) is 15.8. The van der Waals surface area contributed by atoms with E-state index in [1.165, 1.54) is 14.0 Å². The minimum Gasteiger partial charge on any atom is -0.468 e. The molecule has 1 aromatic carbocycles. The Morgan fingerprint density at radius 1 is 1.42 bits per heavy atom. The van der Waals surface area contributed by atoms with Gasteiger partial charge in [-0.15, -0.1) is 0 Å². The molecule has 0 bridgehead atoms. The topological polar surface area (TPSA) is 103 Å². The molecule has 0 amide bonds. The third-order valence-corrected chi connectivity index (χ3v) is 5.48. The van der Waals surface area contributed by atoms with Gasteiger partial charge in [0.2, 0.25) is 0 Å². The van der Waals surface area contributed by atoms with Crippen LogP contribution in [-0.2, 0) is 23.4 Å². The number of rotatable bonds is 8. The SMILES string of the molecule is C=C(O[P@](=O)(N[C@@H](C)C(=O)OC)Oc1ccccc1)[C@@H]1C[C@@H](O)[C@H](C)O1. The molecular weight excluding hydrogens is 361 g/mol. The molecule has 0 spiro atoms. The Kier molecular flexibility index (Phi) is 6.83. The largest absolute Gasteiger partial charge is 0.513 e. The summed E-state index contributed by atoms with van der Waals surface area (Å²) in [5.41, 5.74) is 0. The van der Waals surface area contributed by atoms with Crippen LogP contribution in [0, 0.1) is 0 Å². The van der Waals surface area contributed by atoms with Crippen LogP contribution in [0.1, 0.15) is 20.3 Å². The number of para-hydroxylation sites is 1. The summed E-state index contributed by atoms with van der Waals surface area (Å²) in [6.07, 6.45) is -1.44. The lowest BCUT2D eigenvalue weighted by molar-refractivity contribution is -0.142. The van der Waals surface area contributed by atoms with E-state index in [2.05, 4.69) is 16.4 Å². The van der Waals surface area contributed by atoms with Gasteiger partial charge in [-0.2, -0.15) is 5.09 Å². The van der Waals surface area contributed by atoms with E-state index in [4.69, 9.17) is 13.8 Å². The summed E-state index contributed by atoms with van der Waals surface area (Å²) in [7, 11) is -2.80. The number of carbonyl (C=O) groups excluding carboxylic acids is 1. The van der Waals surface area contributed by atoms with E-state index in [1.807, 2.05) is 0 Å². The second-order valence-corrected chi connectivity index (χ2v) is 7.58. The standard InChI is InChI=1S/C17H24NO7P/c1-11(17(20)22-4)18-26(21,25-14-8-6-5-7-9-14)24-13(3)16-10-15(19)12(2)23-16/h5-9,11-12,15-16,19H,3,10H2,1-2,4H3,(H,18,21)/t11-,12-,15+,16-,26+/m0/s1. The van der Waals surface area contributed by atoms with Gasteiger partial charge >= 0.3 is 13.7 Å². The van der Waals surface area contributed by atoms with Gasteiger partial charge in [0.25, 0.3) is 0 Å². The number of benzene rings is 1. The van der Waals surface area contributed by atoms with Gasteiger partial charge in [-0.25, -0.2) is 4.57 Å². The highest BCUT2D eigenvalue weighted by atomic mass is 31.2. The molecule has 144 valence electrons. The van der Waals surface area contributed by atoms with Crippen LogP contribution >= 0.6 is 7.75 Å². The smallest absolute Gasteiger partial charge is 0.468 e. The summed E-state index contributed by atoms with van der Waals surface area (Å²) in [5, 5.41) is 12.3. The Morgan fingerprint density at radius 3 is 2.62 bits per heavy atom. The number of nitrogens with one attached hydrogen (secondary N) is 1. The first-order valence-electron chi connectivity index (χ1n) is 8.16. The van der Waals surface area contributed by atoms with E-state index in [9.17, 15) is 14.5 Å². The lowest BCUT2D eigenvalue weighted by Crippen LogP contribution is -2.34. The predicted octanol–water partition coefficient (Wildman–Crippen LogP) is 2.39. The van der Waals surface area contributed by atoms with Crippen LogP contribution in [0.4, 0.5) is 0 Å². The second kappa shape index (κ2) is 8.68. The maximum Gasteiger partial charge on any atom is 0.513 e. The molecule has 0 aliphatic carbocycles. The number of esters is 1. The number of aliphatic hydroxyl groups is 1. The first-order chi connectivity index (χ1) is 12.2. The highest BCUT2D eigenvalue weighted by Gasteiger charge is 2.39. The summed E-state index contributed by atoms with van der Waals surface area (Å²) in [6, 6.07) is 7.43. The first-order valence-corrected chi connectivity index (χ1v) is 9.70. The molecule has 1 aliphatic rings. The fourth-order valence-electron chi connectivity index (χ4n) is 2.39. The normalized spacial score (nSPS) is 25.8. The second-order valence-electron chi connectivity index (χ2n) is 5.97. The molecule has 0 radical (unpaired) electrons. The van der Waals surface area contributed by atoms with Crippen molar-refractivity contribution in [2.24, 2.45) is 0 Å². The van der Waals surface area contributed by atoms with Gasteiger partial charge in [-0.3, -0.25) is 4.79 Å². The van der Waals surface area contributed by atoms with Crippen molar-refractivity contribution in [1.29, 1.82) is 0 Å². The summed E-state index contributed by atoms with van der Waals surface area (Å²) in [6.45, 7) is 6.92. The van der Waals surface area contributed by atoms with Crippen molar-refractivity contribution >= 4 is 13.7 Å². The lowest BCUT2D eigenvalue weighted by Gasteiger charge is -2.25. The van der Waals surface area contributed by atoms with Crippen LogP contribution in [0.2, 0.25) is 0 Å². The fourth-order valence-corrected chi connectivity index (χ4v) is 3.94. The Morgan fingerprint density at radius 2 is 2.08 bits per heavy atom. The van der Waals surface area contributed by atoms with Crippen molar-refractivity contribution in [3.05, 3.63) is 42.7 Å². The van der Waals surface area contributed by atoms with Crippen molar-refractivity contribution in [2.75, 3.05) is 7.11 Å². The molecule has 0 aromatic heterocycles. The van der Waals surface area contributed by atoms with Crippen molar-refractivity contribution < 1.29 is 33.0 Å². The van der Waals surface area contributed by atoms with Crippen molar-refractivity contribution in [1.82, 2.24) is 5.09 Å². The number of hydrogen-bond acceptors (Lipinski definition) is 7. The molecule has 2 N–H and O–H groups in total. The van der Waals surface area contributed by atoms with Crippen LogP contribution in [0.25, 0.3) is 0 Å². The van der Waals surface area contributed by atoms with E-state index in [0.29, 0.717) is 0 Å². The Labute approximate surface area is 152 Å². The third kappa shape index (κ3) is 5.32. The van der Waals surface area contributed by atoms with Crippen LogP contribution < -0.4 is 9.61 Å². The lowest BCUT2D eigenvalue weighted by atomic mass is 10.1. The minimum atomic E-state index is -4.02. The van der Waals surface area contributed by atoms with Gasteiger partial charge < -0.3 is 23.6 Å². The summed E-state index contributed by atoms with van der Waals surface area (Å²) < 4.78 is 34.3. The van der Waals surface area contributed by atoms with E-state index in [1.54, 1.807) is 37.3 Å². The van der Waals surface area contributed by atoms with Crippen molar-refractivity contribution in [3.8, 4) is 5.75 Å². The van der Waals surface area contributed by atoms with Gasteiger partial charge in [-0.1, -0.05) is 24.8 Å². The quantitative estimate of drug-likeness (QED) is 0.399.